The first-order chi connectivity index (χ1) is 10.1. The van der Waals surface area contributed by atoms with E-state index in [2.05, 4.69) is 29.8 Å². The number of nitrogens with zero attached hydrogens (tertiary/aromatic N) is 2. The topological polar surface area (TPSA) is 35.9 Å². The molecule has 0 aromatic heterocycles. The first-order valence-electron chi connectivity index (χ1n) is 7.89. The fourth-order valence-electron chi connectivity index (χ4n) is 3.88. The number of benzene rings is 1. The highest BCUT2D eigenvalue weighted by Crippen LogP contribution is 2.36. The van der Waals surface area contributed by atoms with Crippen molar-refractivity contribution < 1.29 is 9.84 Å². The van der Waals surface area contributed by atoms with Crippen LogP contribution in [-0.4, -0.2) is 60.8 Å². The SMILES string of the molecule is COc1ccc2c(c1)CCC(N1CCN(C)CC1C)C2O. The summed E-state index contributed by atoms with van der Waals surface area (Å²) in [6.07, 6.45) is 1.66. The van der Waals surface area contributed by atoms with E-state index in [9.17, 15) is 5.11 Å². The van der Waals surface area contributed by atoms with Crippen molar-refractivity contribution in [2.45, 2.75) is 38.0 Å². The van der Waals surface area contributed by atoms with Gasteiger partial charge in [0.25, 0.3) is 0 Å². The van der Waals surface area contributed by atoms with Crippen LogP contribution in [0.15, 0.2) is 18.2 Å². The van der Waals surface area contributed by atoms with Crippen molar-refractivity contribution in [1.29, 1.82) is 0 Å². The summed E-state index contributed by atoms with van der Waals surface area (Å²) in [4.78, 5) is 4.87. The van der Waals surface area contributed by atoms with Crippen LogP contribution in [0.1, 0.15) is 30.6 Å². The maximum absolute atomic E-state index is 10.8. The average Bonchev–Trinajstić information content (AvgIpc) is 2.48. The van der Waals surface area contributed by atoms with Gasteiger partial charge in [-0.2, -0.15) is 0 Å². The van der Waals surface area contributed by atoms with Gasteiger partial charge in [0.2, 0.25) is 0 Å². The molecule has 0 bridgehead atoms. The van der Waals surface area contributed by atoms with Gasteiger partial charge < -0.3 is 14.7 Å². The minimum Gasteiger partial charge on any atom is -0.497 e. The van der Waals surface area contributed by atoms with Crippen molar-refractivity contribution in [3.05, 3.63) is 29.3 Å². The number of hydrogen-bond acceptors (Lipinski definition) is 4. The standard InChI is InChI=1S/C17H26N2O2/c1-12-11-18(2)8-9-19(12)16-7-4-13-10-14(21-3)5-6-15(13)17(16)20/h5-6,10,12,16-17,20H,4,7-9,11H2,1-3H3. The molecule has 0 saturated carbocycles. The molecule has 3 rings (SSSR count). The highest BCUT2D eigenvalue weighted by molar-refractivity contribution is 5.39. The Balaban J connectivity index is 1.80. The monoisotopic (exact) mass is 290 g/mol. The highest BCUT2D eigenvalue weighted by atomic mass is 16.5. The van der Waals surface area contributed by atoms with E-state index in [1.807, 2.05) is 12.1 Å². The molecule has 4 heteroatoms. The first kappa shape index (κ1) is 14.8. The van der Waals surface area contributed by atoms with Crippen molar-refractivity contribution in [1.82, 2.24) is 9.80 Å². The molecule has 1 aliphatic carbocycles. The van der Waals surface area contributed by atoms with Crippen LogP contribution < -0.4 is 4.74 Å². The van der Waals surface area contributed by atoms with Crippen molar-refractivity contribution in [3.8, 4) is 5.75 Å². The predicted octanol–water partition coefficient (Wildman–Crippen LogP) is 1.68. The summed E-state index contributed by atoms with van der Waals surface area (Å²) in [7, 11) is 3.86. The summed E-state index contributed by atoms with van der Waals surface area (Å²) in [5, 5.41) is 10.8. The molecule has 1 N–H and O–H groups in total. The van der Waals surface area contributed by atoms with E-state index in [4.69, 9.17) is 4.74 Å². The van der Waals surface area contributed by atoms with E-state index in [0.29, 0.717) is 6.04 Å². The van der Waals surface area contributed by atoms with Gasteiger partial charge in [-0.3, -0.25) is 4.90 Å². The summed E-state index contributed by atoms with van der Waals surface area (Å²) >= 11 is 0. The second-order valence-electron chi connectivity index (χ2n) is 6.46. The normalized spacial score (nSPS) is 31.0. The highest BCUT2D eigenvalue weighted by Gasteiger charge is 2.36. The van der Waals surface area contributed by atoms with E-state index in [0.717, 1.165) is 43.8 Å². The molecule has 4 nitrogen and oxygen atoms in total. The lowest BCUT2D eigenvalue weighted by Crippen LogP contribution is -2.56. The largest absolute Gasteiger partial charge is 0.497 e. The van der Waals surface area contributed by atoms with Crippen LogP contribution in [0.3, 0.4) is 0 Å². The molecule has 1 saturated heterocycles. The molecule has 0 amide bonds. The fourth-order valence-corrected chi connectivity index (χ4v) is 3.88. The van der Waals surface area contributed by atoms with Crippen molar-refractivity contribution in [2.75, 3.05) is 33.8 Å². The zero-order valence-electron chi connectivity index (χ0n) is 13.2. The van der Waals surface area contributed by atoms with Gasteiger partial charge in [-0.15, -0.1) is 0 Å². The number of piperazine rings is 1. The average molecular weight is 290 g/mol. The quantitative estimate of drug-likeness (QED) is 0.899. The number of aliphatic hydroxyl groups is 1. The number of aliphatic hydroxyl groups excluding tert-OH is 1. The zero-order chi connectivity index (χ0) is 15.0. The lowest BCUT2D eigenvalue weighted by Gasteiger charge is -2.46. The Hall–Kier alpha value is -1.10. The van der Waals surface area contributed by atoms with Gasteiger partial charge in [0.1, 0.15) is 5.75 Å². The van der Waals surface area contributed by atoms with Crippen LogP contribution in [0.4, 0.5) is 0 Å². The predicted molar refractivity (Wildman–Crippen MR) is 83.7 cm³/mol. The summed E-state index contributed by atoms with van der Waals surface area (Å²) < 4.78 is 5.29. The van der Waals surface area contributed by atoms with Crippen molar-refractivity contribution >= 4 is 0 Å². The molecule has 1 aromatic rings. The Morgan fingerprint density at radius 2 is 2.10 bits per heavy atom. The summed E-state index contributed by atoms with van der Waals surface area (Å²) in [5.41, 5.74) is 2.32. The zero-order valence-corrected chi connectivity index (χ0v) is 13.2. The second-order valence-corrected chi connectivity index (χ2v) is 6.46. The van der Waals surface area contributed by atoms with Gasteiger partial charge in [0.15, 0.2) is 0 Å². The van der Waals surface area contributed by atoms with Crippen LogP contribution in [-0.2, 0) is 6.42 Å². The number of fused-ring (bicyclic) bond motifs is 1. The molecule has 3 unspecified atom stereocenters. The van der Waals surface area contributed by atoms with E-state index in [1.165, 1.54) is 5.56 Å². The number of hydrogen-bond donors (Lipinski definition) is 1. The molecule has 1 aromatic carbocycles. The molecule has 1 fully saturated rings. The Labute approximate surface area is 127 Å². The summed E-state index contributed by atoms with van der Waals surface area (Å²) in [6.45, 7) is 5.48. The van der Waals surface area contributed by atoms with Crippen molar-refractivity contribution in [2.24, 2.45) is 0 Å². The smallest absolute Gasteiger partial charge is 0.119 e. The number of rotatable bonds is 2. The number of ether oxygens (including phenoxy) is 1. The van der Waals surface area contributed by atoms with E-state index >= 15 is 0 Å². The molecule has 2 aliphatic rings. The third kappa shape index (κ3) is 2.80. The minimum absolute atomic E-state index is 0.245. The molecule has 116 valence electrons. The van der Waals surface area contributed by atoms with Gasteiger partial charge >= 0.3 is 0 Å². The lowest BCUT2D eigenvalue weighted by molar-refractivity contribution is -0.0144. The molecule has 0 spiro atoms. The molecule has 1 heterocycles. The van der Waals surface area contributed by atoms with Crippen LogP contribution in [0, 0.1) is 0 Å². The summed E-state index contributed by atoms with van der Waals surface area (Å²) in [6, 6.07) is 6.81. The molecule has 1 aliphatic heterocycles. The van der Waals surface area contributed by atoms with Gasteiger partial charge in [-0.05, 0) is 50.1 Å². The fraction of sp³-hybridized carbons (Fsp3) is 0.647. The second kappa shape index (κ2) is 5.95. The number of likely N-dealkylation sites (N-methyl/N-ethyl adjacent to an activating group) is 1. The third-order valence-electron chi connectivity index (χ3n) is 5.05. The Morgan fingerprint density at radius 1 is 1.29 bits per heavy atom. The molecular weight excluding hydrogens is 264 g/mol. The van der Waals surface area contributed by atoms with E-state index < -0.39 is 0 Å². The van der Waals surface area contributed by atoms with Gasteiger partial charge in [-0.1, -0.05) is 6.07 Å². The molecular formula is C17H26N2O2. The Kier molecular flexibility index (Phi) is 4.20. The maximum Gasteiger partial charge on any atom is 0.119 e. The third-order valence-corrected chi connectivity index (χ3v) is 5.05. The van der Waals surface area contributed by atoms with Crippen molar-refractivity contribution in [3.63, 3.8) is 0 Å². The van der Waals surface area contributed by atoms with E-state index in [1.54, 1.807) is 7.11 Å². The van der Waals surface area contributed by atoms with Crippen LogP contribution in [0.2, 0.25) is 0 Å². The first-order valence-corrected chi connectivity index (χ1v) is 7.89. The Morgan fingerprint density at radius 3 is 2.81 bits per heavy atom. The number of aryl methyl sites for hydroxylation is 1. The lowest BCUT2D eigenvalue weighted by atomic mass is 9.84. The Bertz CT molecular complexity index is 506. The molecule has 0 radical (unpaired) electrons. The van der Waals surface area contributed by atoms with Crippen LogP contribution >= 0.6 is 0 Å². The van der Waals surface area contributed by atoms with Gasteiger partial charge in [-0.25, -0.2) is 0 Å². The number of methoxy groups -OCH3 is 1. The molecule has 21 heavy (non-hydrogen) atoms. The van der Waals surface area contributed by atoms with E-state index in [-0.39, 0.29) is 12.1 Å². The van der Waals surface area contributed by atoms with Gasteiger partial charge in [0.05, 0.1) is 13.2 Å². The van der Waals surface area contributed by atoms with Crippen LogP contribution in [0.5, 0.6) is 5.75 Å². The molecule has 3 atom stereocenters. The minimum atomic E-state index is -0.384. The van der Waals surface area contributed by atoms with Crippen LogP contribution in [0.25, 0.3) is 0 Å². The summed E-state index contributed by atoms with van der Waals surface area (Å²) in [5.74, 6) is 0.882. The maximum atomic E-state index is 10.8. The van der Waals surface area contributed by atoms with Gasteiger partial charge in [0, 0.05) is 31.7 Å².